The van der Waals surface area contributed by atoms with E-state index in [2.05, 4.69) is 20.8 Å². The minimum atomic E-state index is -1.21. The first-order chi connectivity index (χ1) is 14.6. The van der Waals surface area contributed by atoms with Gasteiger partial charge in [-0.05, 0) is 29.5 Å². The van der Waals surface area contributed by atoms with Crippen molar-refractivity contribution in [3.63, 3.8) is 0 Å². The number of ether oxygens (including phenoxy) is 3. The van der Waals surface area contributed by atoms with Crippen molar-refractivity contribution in [2.75, 3.05) is 14.2 Å². The number of aromatic carboxylic acids is 1. The molecule has 31 heavy (non-hydrogen) atoms. The summed E-state index contributed by atoms with van der Waals surface area (Å²) >= 11 is 0. The van der Waals surface area contributed by atoms with Gasteiger partial charge in [-0.15, -0.1) is 0 Å². The predicted octanol–water partition coefficient (Wildman–Crippen LogP) is 3.92. The third-order valence-electron chi connectivity index (χ3n) is 6.40. The second-order valence-corrected chi connectivity index (χ2v) is 9.46. The molecule has 1 saturated carbocycles. The summed E-state index contributed by atoms with van der Waals surface area (Å²) in [5, 5.41) is 9.46. The van der Waals surface area contributed by atoms with Crippen LogP contribution in [0.1, 0.15) is 55.6 Å². The van der Waals surface area contributed by atoms with Gasteiger partial charge in [0.25, 0.3) is 0 Å². The topological polar surface area (TPSA) is 87.0 Å². The molecule has 2 aliphatic rings. The molecule has 4 rings (SSSR count). The van der Waals surface area contributed by atoms with E-state index in [4.69, 9.17) is 14.2 Å². The van der Waals surface area contributed by atoms with Crippen molar-refractivity contribution in [3.8, 4) is 22.8 Å². The number of carbonyl (C=O) groups is 1. The molecule has 0 radical (unpaired) electrons. The molecule has 2 heterocycles. The molecule has 1 atom stereocenters. The lowest BCUT2D eigenvalue weighted by molar-refractivity contribution is -0.0388. The number of aromatic nitrogens is 1. The number of methoxy groups -OCH3 is 2. The van der Waals surface area contributed by atoms with Gasteiger partial charge < -0.3 is 23.9 Å². The summed E-state index contributed by atoms with van der Waals surface area (Å²) in [7, 11) is 3.30. The van der Waals surface area contributed by atoms with Gasteiger partial charge in [0.2, 0.25) is 0 Å². The molecule has 0 amide bonds. The van der Waals surface area contributed by atoms with E-state index >= 15 is 0 Å². The van der Waals surface area contributed by atoms with E-state index in [1.807, 2.05) is 16.7 Å². The van der Waals surface area contributed by atoms with Gasteiger partial charge in [-0.2, -0.15) is 0 Å². The summed E-state index contributed by atoms with van der Waals surface area (Å²) in [5.41, 5.74) is 1.74. The van der Waals surface area contributed by atoms with E-state index in [0.717, 1.165) is 24.0 Å². The van der Waals surface area contributed by atoms with Crippen LogP contribution in [0.15, 0.2) is 29.2 Å². The van der Waals surface area contributed by atoms with E-state index in [0.29, 0.717) is 23.6 Å². The van der Waals surface area contributed by atoms with Crippen LogP contribution in [0.2, 0.25) is 0 Å². The quantitative estimate of drug-likeness (QED) is 0.778. The van der Waals surface area contributed by atoms with Crippen molar-refractivity contribution >= 4 is 5.97 Å². The molecule has 0 saturated heterocycles. The molecule has 7 heteroatoms. The number of benzene rings is 1. The molecule has 2 aromatic rings. The van der Waals surface area contributed by atoms with Gasteiger partial charge in [-0.25, -0.2) is 4.79 Å². The van der Waals surface area contributed by atoms with E-state index < -0.39 is 11.4 Å². The Kier molecular flexibility index (Phi) is 5.33. The fourth-order valence-corrected chi connectivity index (χ4v) is 4.46. The van der Waals surface area contributed by atoms with E-state index in [1.165, 1.54) is 12.3 Å². The maximum absolute atomic E-state index is 12.5. The number of hydrogen-bond donors (Lipinski definition) is 1. The summed E-state index contributed by atoms with van der Waals surface area (Å²) in [6.45, 7) is 6.35. The van der Waals surface area contributed by atoms with Crippen LogP contribution >= 0.6 is 0 Å². The van der Waals surface area contributed by atoms with Gasteiger partial charge in [0.05, 0.1) is 18.9 Å². The molecule has 1 aromatic heterocycles. The second-order valence-electron chi connectivity index (χ2n) is 9.46. The largest absolute Gasteiger partial charge is 0.493 e. The normalized spacial score (nSPS) is 22.2. The van der Waals surface area contributed by atoms with Crippen molar-refractivity contribution < 1.29 is 24.1 Å². The predicted molar refractivity (Wildman–Crippen MR) is 116 cm³/mol. The van der Waals surface area contributed by atoms with Crippen LogP contribution in [0, 0.1) is 5.41 Å². The molecular formula is C24H29NO6. The Morgan fingerprint density at radius 2 is 1.81 bits per heavy atom. The van der Waals surface area contributed by atoms with Crippen molar-refractivity contribution in [2.24, 2.45) is 5.41 Å². The van der Waals surface area contributed by atoms with Crippen LogP contribution < -0.4 is 14.9 Å². The average Bonchev–Trinajstić information content (AvgIpc) is 2.67. The van der Waals surface area contributed by atoms with Gasteiger partial charge >= 0.3 is 5.97 Å². The van der Waals surface area contributed by atoms with Crippen LogP contribution in [-0.4, -0.2) is 42.1 Å². The maximum Gasteiger partial charge on any atom is 0.341 e. The first-order valence-corrected chi connectivity index (χ1v) is 10.5. The van der Waals surface area contributed by atoms with Crippen LogP contribution in [0.4, 0.5) is 0 Å². The molecule has 1 aromatic carbocycles. The number of nitrogens with zero attached hydrogens (tertiary/aromatic N) is 1. The summed E-state index contributed by atoms with van der Waals surface area (Å²) in [4.78, 5) is 24.1. The number of carboxylic acid groups (broad SMARTS) is 1. The third-order valence-corrected chi connectivity index (χ3v) is 6.40. The van der Waals surface area contributed by atoms with Gasteiger partial charge in [0.15, 0.2) is 16.9 Å². The lowest BCUT2D eigenvalue weighted by Crippen LogP contribution is -2.39. The molecule has 0 spiro atoms. The highest BCUT2D eigenvalue weighted by atomic mass is 16.5. The monoisotopic (exact) mass is 427 g/mol. The van der Waals surface area contributed by atoms with E-state index in [9.17, 15) is 14.7 Å². The molecule has 1 aliphatic heterocycles. The Morgan fingerprint density at radius 3 is 2.39 bits per heavy atom. The van der Waals surface area contributed by atoms with Crippen molar-refractivity contribution in [1.29, 1.82) is 0 Å². The zero-order valence-electron chi connectivity index (χ0n) is 18.6. The van der Waals surface area contributed by atoms with Gasteiger partial charge in [0.1, 0.15) is 11.7 Å². The maximum atomic E-state index is 12.5. The number of hydrogen-bond acceptors (Lipinski definition) is 5. The van der Waals surface area contributed by atoms with Gasteiger partial charge in [-0.3, -0.25) is 4.79 Å². The Bertz CT molecular complexity index is 1070. The lowest BCUT2D eigenvalue weighted by atomic mass is 9.78. The highest BCUT2D eigenvalue weighted by Gasteiger charge is 2.35. The zero-order chi connectivity index (χ0) is 22.5. The first-order valence-electron chi connectivity index (χ1n) is 10.5. The fourth-order valence-electron chi connectivity index (χ4n) is 4.46. The Hall–Kier alpha value is -2.80. The van der Waals surface area contributed by atoms with Crippen LogP contribution in [0.5, 0.6) is 11.5 Å². The van der Waals surface area contributed by atoms with E-state index in [1.54, 1.807) is 14.2 Å². The summed E-state index contributed by atoms with van der Waals surface area (Å²) in [5.74, 6) is 0.0662. The molecule has 1 N–H and O–H groups in total. The molecule has 1 aliphatic carbocycles. The highest BCUT2D eigenvalue weighted by Crippen LogP contribution is 2.46. The second kappa shape index (κ2) is 7.71. The summed E-state index contributed by atoms with van der Waals surface area (Å²) < 4.78 is 19.1. The smallest absolute Gasteiger partial charge is 0.341 e. The Labute approximate surface area is 181 Å². The van der Waals surface area contributed by atoms with Crippen LogP contribution in [0.3, 0.4) is 0 Å². The fraction of sp³-hybridized carbons (Fsp3) is 0.500. The summed E-state index contributed by atoms with van der Waals surface area (Å²) in [6.07, 6.45) is 4.19. The zero-order valence-corrected chi connectivity index (χ0v) is 18.6. The van der Waals surface area contributed by atoms with Gasteiger partial charge in [0, 0.05) is 43.8 Å². The molecule has 0 bridgehead atoms. The molecule has 1 fully saturated rings. The number of rotatable bonds is 5. The first kappa shape index (κ1) is 21.4. The number of fused-ring (bicyclic) bond motifs is 3. The molecule has 166 valence electrons. The van der Waals surface area contributed by atoms with Crippen LogP contribution in [-0.2, 0) is 11.2 Å². The third kappa shape index (κ3) is 3.82. The standard InChI is InChI=1S/C24H29NO6/c1-24(2,3)22-7-13-6-21(31-15-8-14(9-15)29-4)20(30-5)10-16(13)18-11-19(26)17(23(27)28)12-25(18)22/h6,10-12,14-15,22H,7-9H2,1-5H3,(H,27,28)/t14-,15-,22?. The van der Waals surface area contributed by atoms with Crippen molar-refractivity contribution in [2.45, 2.75) is 58.3 Å². The van der Waals surface area contributed by atoms with Crippen LogP contribution in [0.25, 0.3) is 11.3 Å². The SMILES string of the molecule is COc1cc2c(cc1O[C@H]1C[C@H](OC)C1)CC(C(C)(C)C)n1cc(C(=O)O)c(=O)cc1-2. The minimum Gasteiger partial charge on any atom is -0.493 e. The average molecular weight is 427 g/mol. The number of pyridine rings is 1. The minimum absolute atomic E-state index is 0.0171. The Morgan fingerprint density at radius 1 is 1.10 bits per heavy atom. The summed E-state index contributed by atoms with van der Waals surface area (Å²) in [6, 6.07) is 5.31. The van der Waals surface area contributed by atoms with Gasteiger partial charge in [-0.1, -0.05) is 20.8 Å². The molecule has 1 unspecified atom stereocenters. The van der Waals surface area contributed by atoms with Crippen molar-refractivity contribution in [1.82, 2.24) is 4.57 Å². The van der Waals surface area contributed by atoms with Crippen molar-refractivity contribution in [3.05, 3.63) is 45.7 Å². The number of carboxylic acids is 1. The molecular weight excluding hydrogens is 398 g/mol. The Balaban J connectivity index is 1.82. The van der Waals surface area contributed by atoms with E-state index in [-0.39, 0.29) is 29.2 Å². The molecule has 7 nitrogen and oxygen atoms in total. The lowest BCUT2D eigenvalue weighted by Gasteiger charge is -2.39. The highest BCUT2D eigenvalue weighted by molar-refractivity contribution is 5.88.